The number of aryl methyl sites for hydroxylation is 2. The van der Waals surface area contributed by atoms with Crippen molar-refractivity contribution >= 4 is 27.2 Å². The Hall–Kier alpha value is -3.72. The predicted octanol–water partition coefficient (Wildman–Crippen LogP) is 4.03. The first-order valence-electron chi connectivity index (χ1n) is 11.1. The summed E-state index contributed by atoms with van der Waals surface area (Å²) in [5.74, 6) is 0.966. The molecule has 0 aliphatic heterocycles. The summed E-state index contributed by atoms with van der Waals surface area (Å²) in [6, 6.07) is 15.5. The molecular formula is C25H27N5O3S. The predicted molar refractivity (Wildman–Crippen MR) is 132 cm³/mol. The fourth-order valence-electron chi connectivity index (χ4n) is 3.90. The van der Waals surface area contributed by atoms with Gasteiger partial charge < -0.3 is 9.88 Å². The van der Waals surface area contributed by atoms with Crippen LogP contribution < -0.4 is 10.0 Å². The van der Waals surface area contributed by atoms with Gasteiger partial charge in [-0.3, -0.25) is 0 Å². The van der Waals surface area contributed by atoms with E-state index in [0.717, 1.165) is 40.1 Å². The number of benzene rings is 2. The lowest BCUT2D eigenvalue weighted by Crippen LogP contribution is -2.39. The third-order valence-electron chi connectivity index (χ3n) is 5.58. The molecule has 0 saturated heterocycles. The number of amides is 2. The highest BCUT2D eigenvalue weighted by Gasteiger charge is 2.21. The zero-order chi connectivity index (χ0) is 24.3. The van der Waals surface area contributed by atoms with Crippen LogP contribution in [0.25, 0.3) is 22.3 Å². The fraction of sp³-hybridized carbons (Fsp3) is 0.240. The van der Waals surface area contributed by atoms with Crippen molar-refractivity contribution in [1.29, 1.82) is 0 Å². The summed E-state index contributed by atoms with van der Waals surface area (Å²) in [5.41, 5.74) is 5.16. The van der Waals surface area contributed by atoms with E-state index >= 15 is 0 Å². The topological polar surface area (TPSA) is 106 Å². The average Bonchev–Trinajstić information content (AvgIpc) is 3.18. The minimum Gasteiger partial charge on any atom is -0.338 e. The molecule has 4 aromatic rings. The second-order valence-corrected chi connectivity index (χ2v) is 9.58. The summed E-state index contributed by atoms with van der Waals surface area (Å²) in [5, 5.41) is 2.44. The smallest absolute Gasteiger partial charge is 0.328 e. The first kappa shape index (κ1) is 23.4. The van der Waals surface area contributed by atoms with Gasteiger partial charge in [0.15, 0.2) is 5.65 Å². The number of urea groups is 1. The number of nitrogens with zero attached hydrogens (tertiary/aromatic N) is 3. The number of carbonyl (C=O) groups excluding carboxylic acids is 1. The molecule has 0 aliphatic carbocycles. The summed E-state index contributed by atoms with van der Waals surface area (Å²) in [6.45, 7) is 6.75. The van der Waals surface area contributed by atoms with Crippen molar-refractivity contribution < 1.29 is 13.2 Å². The fourth-order valence-corrected chi connectivity index (χ4v) is 5.06. The molecule has 2 heterocycles. The van der Waals surface area contributed by atoms with Gasteiger partial charge in [0.2, 0.25) is 0 Å². The van der Waals surface area contributed by atoms with Gasteiger partial charge in [-0.25, -0.2) is 27.9 Å². The number of carbonyl (C=O) groups is 1. The van der Waals surface area contributed by atoms with Crippen molar-refractivity contribution in [1.82, 2.24) is 24.6 Å². The lowest BCUT2D eigenvalue weighted by molar-refractivity contribution is 0.246. The van der Waals surface area contributed by atoms with E-state index < -0.39 is 16.1 Å². The average molecular weight is 478 g/mol. The summed E-state index contributed by atoms with van der Waals surface area (Å²) < 4.78 is 29.8. The SMILES string of the molecule is CCNC(=O)NS(=O)(=O)c1ccccc1-c1ccc(Cn2c(CC)nc3c(C)ccnc32)cc1. The maximum atomic E-state index is 12.8. The number of hydrogen-bond donors (Lipinski definition) is 2. The van der Waals surface area contributed by atoms with Crippen LogP contribution in [0.2, 0.25) is 0 Å². The summed E-state index contributed by atoms with van der Waals surface area (Å²) in [7, 11) is -4.03. The quantitative estimate of drug-likeness (QED) is 0.418. The van der Waals surface area contributed by atoms with Crippen LogP contribution in [0.4, 0.5) is 4.79 Å². The van der Waals surface area contributed by atoms with Crippen LogP contribution in [0.15, 0.2) is 65.7 Å². The van der Waals surface area contributed by atoms with Gasteiger partial charge in [-0.1, -0.05) is 49.4 Å². The molecule has 0 radical (unpaired) electrons. The first-order chi connectivity index (χ1) is 16.3. The molecule has 0 unspecified atom stereocenters. The van der Waals surface area contributed by atoms with Crippen LogP contribution in [0.3, 0.4) is 0 Å². The van der Waals surface area contributed by atoms with E-state index in [1.54, 1.807) is 31.3 Å². The molecule has 9 heteroatoms. The number of rotatable bonds is 7. The number of imidazole rings is 1. The van der Waals surface area contributed by atoms with E-state index in [4.69, 9.17) is 4.98 Å². The van der Waals surface area contributed by atoms with Gasteiger partial charge >= 0.3 is 6.03 Å². The minimum absolute atomic E-state index is 0.0440. The summed E-state index contributed by atoms with van der Waals surface area (Å²) in [6.07, 6.45) is 2.59. The van der Waals surface area contributed by atoms with E-state index in [1.165, 1.54) is 6.07 Å². The van der Waals surface area contributed by atoms with Gasteiger partial charge in [0.05, 0.1) is 11.4 Å². The van der Waals surface area contributed by atoms with Crippen LogP contribution in [0, 0.1) is 6.92 Å². The van der Waals surface area contributed by atoms with Crippen LogP contribution in [0.1, 0.15) is 30.8 Å². The molecule has 8 nitrogen and oxygen atoms in total. The van der Waals surface area contributed by atoms with E-state index in [2.05, 4.69) is 26.5 Å². The van der Waals surface area contributed by atoms with Crippen molar-refractivity contribution in [2.75, 3.05) is 6.54 Å². The van der Waals surface area contributed by atoms with Crippen molar-refractivity contribution in [3.63, 3.8) is 0 Å². The zero-order valence-corrected chi connectivity index (χ0v) is 20.2. The van der Waals surface area contributed by atoms with Crippen molar-refractivity contribution in [2.45, 2.75) is 38.6 Å². The zero-order valence-electron chi connectivity index (χ0n) is 19.4. The lowest BCUT2D eigenvalue weighted by atomic mass is 10.0. The Morgan fingerprint density at radius 2 is 1.76 bits per heavy atom. The number of hydrogen-bond acceptors (Lipinski definition) is 5. The Kier molecular flexibility index (Phi) is 6.65. The molecule has 0 spiro atoms. The Balaban J connectivity index is 1.65. The molecule has 2 aromatic carbocycles. The molecule has 0 bridgehead atoms. The molecule has 0 fully saturated rings. The Morgan fingerprint density at radius 1 is 1.03 bits per heavy atom. The standard InChI is InChI=1S/C25H27N5O3S/c1-4-22-28-23-17(3)14-15-27-24(23)30(22)16-18-10-12-19(13-11-18)20-8-6-7-9-21(20)34(32,33)29-25(31)26-5-2/h6-15H,4-5,16H2,1-3H3,(H2,26,29,31). The summed E-state index contributed by atoms with van der Waals surface area (Å²) >= 11 is 0. The third kappa shape index (κ3) is 4.65. The van der Waals surface area contributed by atoms with Crippen molar-refractivity contribution in [3.8, 4) is 11.1 Å². The van der Waals surface area contributed by atoms with Crippen molar-refractivity contribution in [3.05, 3.63) is 77.7 Å². The lowest BCUT2D eigenvalue weighted by Gasteiger charge is -2.13. The number of nitrogens with one attached hydrogen (secondary N) is 2. The molecule has 4 rings (SSSR count). The highest BCUT2D eigenvalue weighted by Crippen LogP contribution is 2.28. The van der Waals surface area contributed by atoms with Crippen LogP contribution in [0.5, 0.6) is 0 Å². The highest BCUT2D eigenvalue weighted by atomic mass is 32.2. The van der Waals surface area contributed by atoms with Gasteiger partial charge in [0, 0.05) is 24.7 Å². The van der Waals surface area contributed by atoms with E-state index in [-0.39, 0.29) is 4.90 Å². The van der Waals surface area contributed by atoms with Crippen LogP contribution >= 0.6 is 0 Å². The van der Waals surface area contributed by atoms with E-state index in [0.29, 0.717) is 18.7 Å². The molecule has 0 saturated carbocycles. The highest BCUT2D eigenvalue weighted by molar-refractivity contribution is 7.90. The van der Waals surface area contributed by atoms with Crippen LogP contribution in [-0.2, 0) is 23.0 Å². The van der Waals surface area contributed by atoms with Gasteiger partial charge in [-0.05, 0) is 42.7 Å². The number of sulfonamides is 1. The Morgan fingerprint density at radius 3 is 2.47 bits per heavy atom. The van der Waals surface area contributed by atoms with Crippen LogP contribution in [-0.4, -0.2) is 35.5 Å². The Bertz CT molecular complexity index is 1440. The normalized spacial score (nSPS) is 11.5. The van der Waals surface area contributed by atoms with Gasteiger partial charge in [-0.2, -0.15) is 0 Å². The number of aromatic nitrogens is 3. The molecule has 2 N–H and O–H groups in total. The molecule has 0 atom stereocenters. The van der Waals surface area contributed by atoms with E-state index in [1.807, 2.05) is 37.3 Å². The van der Waals surface area contributed by atoms with Crippen molar-refractivity contribution in [2.24, 2.45) is 0 Å². The molecule has 2 amide bonds. The third-order valence-corrected chi connectivity index (χ3v) is 6.97. The second kappa shape index (κ2) is 9.64. The first-order valence-corrected chi connectivity index (χ1v) is 12.6. The maximum Gasteiger partial charge on any atom is 0.328 e. The molecule has 176 valence electrons. The minimum atomic E-state index is -4.03. The number of fused-ring (bicyclic) bond motifs is 1. The molecule has 0 aliphatic rings. The second-order valence-electron chi connectivity index (χ2n) is 7.93. The van der Waals surface area contributed by atoms with Gasteiger partial charge in [0.25, 0.3) is 10.0 Å². The summed E-state index contributed by atoms with van der Waals surface area (Å²) in [4.78, 5) is 21.2. The largest absolute Gasteiger partial charge is 0.338 e. The molecule has 34 heavy (non-hydrogen) atoms. The number of pyridine rings is 1. The molecular weight excluding hydrogens is 450 g/mol. The Labute approximate surface area is 199 Å². The van der Waals surface area contributed by atoms with E-state index in [9.17, 15) is 13.2 Å². The van der Waals surface area contributed by atoms with Gasteiger partial charge in [0.1, 0.15) is 11.3 Å². The monoisotopic (exact) mass is 477 g/mol. The molecule has 2 aromatic heterocycles. The van der Waals surface area contributed by atoms with Gasteiger partial charge in [-0.15, -0.1) is 0 Å². The maximum absolute atomic E-state index is 12.8.